The topological polar surface area (TPSA) is 149 Å². The van der Waals surface area contributed by atoms with Gasteiger partial charge in [-0.15, -0.1) is 0 Å². The van der Waals surface area contributed by atoms with Crippen molar-refractivity contribution in [3.05, 3.63) is 0 Å². The summed E-state index contributed by atoms with van der Waals surface area (Å²) < 4.78 is 23.0. The molecule has 0 radical (unpaired) electrons. The normalized spacial score (nSPS) is 19.6. The first-order chi connectivity index (χ1) is 12.6. The molecule has 0 aromatic heterocycles. The van der Waals surface area contributed by atoms with E-state index < -0.39 is 65.2 Å². The summed E-state index contributed by atoms with van der Waals surface area (Å²) in [5.41, 5.74) is -5.56. The Kier molecular flexibility index (Phi) is 6.65. The molecule has 0 saturated heterocycles. The lowest BCUT2D eigenvalue weighted by atomic mass is 9.61. The molecule has 1 unspecified atom stereocenters. The number of rotatable bonds is 6. The minimum Gasteiger partial charge on any atom is -0.469 e. The minimum absolute atomic E-state index is 0.782. The molecule has 150 valence electrons. The van der Waals surface area contributed by atoms with Crippen LogP contribution in [0.5, 0.6) is 0 Å². The molecule has 0 spiro atoms. The maximum absolute atomic E-state index is 12.8. The van der Waals surface area contributed by atoms with Gasteiger partial charge in [0.2, 0.25) is 5.41 Å². The van der Waals surface area contributed by atoms with Crippen LogP contribution >= 0.6 is 0 Å². The van der Waals surface area contributed by atoms with E-state index in [-0.39, 0.29) is 0 Å². The Morgan fingerprint density at radius 3 is 1.52 bits per heavy atom. The monoisotopic (exact) mass is 388 g/mol. The van der Waals surface area contributed by atoms with Gasteiger partial charge in [0.25, 0.3) is 0 Å². The van der Waals surface area contributed by atoms with Crippen LogP contribution in [0.4, 0.5) is 0 Å². The molecule has 1 aliphatic carbocycles. The zero-order valence-electron chi connectivity index (χ0n) is 15.5. The Labute approximate surface area is 154 Å². The summed E-state index contributed by atoms with van der Waals surface area (Å²) in [5, 5.41) is 0. The first-order valence-electron chi connectivity index (χ1n) is 7.58. The van der Waals surface area contributed by atoms with Crippen LogP contribution in [0, 0.1) is 16.7 Å². The van der Waals surface area contributed by atoms with E-state index in [1.807, 2.05) is 0 Å². The zero-order chi connectivity index (χ0) is 21.0. The highest BCUT2D eigenvalue weighted by Crippen LogP contribution is 2.58. The van der Waals surface area contributed by atoms with Crippen LogP contribution in [-0.4, -0.2) is 71.2 Å². The van der Waals surface area contributed by atoms with E-state index in [0.717, 1.165) is 35.5 Å². The van der Waals surface area contributed by atoms with Gasteiger partial charge in [-0.2, -0.15) is 0 Å². The van der Waals surface area contributed by atoms with Crippen LogP contribution in [0.15, 0.2) is 0 Å². The third kappa shape index (κ3) is 2.92. The second-order valence-electron chi connectivity index (χ2n) is 5.66. The van der Waals surface area contributed by atoms with Crippen molar-refractivity contribution in [2.45, 2.75) is 12.8 Å². The highest BCUT2D eigenvalue weighted by Gasteiger charge is 2.81. The van der Waals surface area contributed by atoms with Crippen molar-refractivity contribution in [3.8, 4) is 0 Å². The van der Waals surface area contributed by atoms with Crippen molar-refractivity contribution in [3.63, 3.8) is 0 Å². The molecule has 11 nitrogen and oxygen atoms in total. The van der Waals surface area contributed by atoms with Crippen molar-refractivity contribution in [2.24, 2.45) is 16.7 Å². The Morgan fingerprint density at radius 1 is 0.778 bits per heavy atom. The standard InChI is InChI=1S/C16H20O11/c1-23-10(18)6-8-9(17)7-15(11(19)24-2,12(20)25-3)16(8,13(21)26-4)14(22)27-5/h8H,6-7H2,1-5H3. The predicted molar refractivity (Wildman–Crippen MR) is 82.7 cm³/mol. The van der Waals surface area contributed by atoms with Crippen LogP contribution in [-0.2, 0) is 52.5 Å². The molecule has 0 amide bonds. The van der Waals surface area contributed by atoms with Crippen LogP contribution in [0.3, 0.4) is 0 Å². The summed E-state index contributed by atoms with van der Waals surface area (Å²) in [6.45, 7) is 0. The lowest BCUT2D eigenvalue weighted by Gasteiger charge is -2.38. The van der Waals surface area contributed by atoms with Gasteiger partial charge in [-0.1, -0.05) is 0 Å². The highest BCUT2D eigenvalue weighted by atomic mass is 16.6. The van der Waals surface area contributed by atoms with Crippen molar-refractivity contribution in [1.29, 1.82) is 0 Å². The molecule has 0 aromatic carbocycles. The lowest BCUT2D eigenvalue weighted by Crippen LogP contribution is -2.62. The number of carbonyl (C=O) groups excluding carboxylic acids is 6. The van der Waals surface area contributed by atoms with Crippen LogP contribution in [0.25, 0.3) is 0 Å². The number of ether oxygens (including phenoxy) is 5. The van der Waals surface area contributed by atoms with E-state index in [1.54, 1.807) is 0 Å². The molecule has 1 saturated carbocycles. The molecule has 11 heteroatoms. The van der Waals surface area contributed by atoms with E-state index in [2.05, 4.69) is 23.7 Å². The average molecular weight is 388 g/mol. The molecule has 0 N–H and O–H groups in total. The molecular weight excluding hydrogens is 368 g/mol. The SMILES string of the molecule is COC(=O)CC1C(=O)CC(C(=O)OC)(C(=O)OC)C1(C(=O)OC)C(=O)OC. The fraction of sp³-hybridized carbons (Fsp3) is 0.625. The number of esters is 5. The molecule has 0 aliphatic heterocycles. The second kappa shape index (κ2) is 8.14. The van der Waals surface area contributed by atoms with Crippen molar-refractivity contribution in [2.75, 3.05) is 35.5 Å². The van der Waals surface area contributed by atoms with Crippen molar-refractivity contribution >= 4 is 35.6 Å². The fourth-order valence-electron chi connectivity index (χ4n) is 3.52. The number of Topliss-reactive ketones (excluding diaryl/α,β-unsaturated/α-hetero) is 1. The summed E-state index contributed by atoms with van der Waals surface area (Å²) in [6, 6.07) is 0. The lowest BCUT2D eigenvalue weighted by molar-refractivity contribution is -0.200. The van der Waals surface area contributed by atoms with Crippen LogP contribution in [0.2, 0.25) is 0 Å². The fourth-order valence-corrected chi connectivity index (χ4v) is 3.52. The molecule has 1 atom stereocenters. The Hall–Kier alpha value is -2.98. The summed E-state index contributed by atoms with van der Waals surface area (Å²) in [6.07, 6.45) is -1.71. The van der Waals surface area contributed by atoms with Gasteiger partial charge in [0, 0.05) is 6.42 Å². The number of methoxy groups -OCH3 is 5. The first-order valence-corrected chi connectivity index (χ1v) is 7.58. The predicted octanol–water partition coefficient (Wildman–Crippen LogP) is -1.20. The maximum Gasteiger partial charge on any atom is 0.325 e. The number of hydrogen-bond acceptors (Lipinski definition) is 11. The van der Waals surface area contributed by atoms with Crippen LogP contribution < -0.4 is 0 Å². The van der Waals surface area contributed by atoms with E-state index in [9.17, 15) is 28.8 Å². The number of hydrogen-bond donors (Lipinski definition) is 0. The number of ketones is 1. The summed E-state index contributed by atoms with van der Waals surface area (Å²) in [4.78, 5) is 75.3. The van der Waals surface area contributed by atoms with E-state index in [1.165, 1.54) is 0 Å². The summed E-state index contributed by atoms with van der Waals surface area (Å²) >= 11 is 0. The highest BCUT2D eigenvalue weighted by molar-refractivity contribution is 6.21. The second-order valence-corrected chi connectivity index (χ2v) is 5.66. The summed E-state index contributed by atoms with van der Waals surface area (Å²) in [5.74, 6) is -9.27. The van der Waals surface area contributed by atoms with Gasteiger partial charge in [0.1, 0.15) is 5.78 Å². The van der Waals surface area contributed by atoms with Crippen molar-refractivity contribution in [1.82, 2.24) is 0 Å². The largest absolute Gasteiger partial charge is 0.469 e. The summed E-state index contributed by atoms with van der Waals surface area (Å²) in [7, 11) is 4.57. The third-order valence-electron chi connectivity index (χ3n) is 4.70. The van der Waals surface area contributed by atoms with Gasteiger partial charge in [0.05, 0.1) is 47.9 Å². The maximum atomic E-state index is 12.8. The molecule has 1 aliphatic rings. The van der Waals surface area contributed by atoms with Crippen LogP contribution in [0.1, 0.15) is 12.8 Å². The van der Waals surface area contributed by atoms with E-state index in [0.29, 0.717) is 0 Å². The van der Waals surface area contributed by atoms with Gasteiger partial charge in [-0.25, -0.2) is 0 Å². The molecule has 0 bridgehead atoms. The Morgan fingerprint density at radius 2 is 1.19 bits per heavy atom. The van der Waals surface area contributed by atoms with E-state index >= 15 is 0 Å². The van der Waals surface area contributed by atoms with Gasteiger partial charge in [0.15, 0.2) is 5.41 Å². The third-order valence-corrected chi connectivity index (χ3v) is 4.70. The zero-order valence-corrected chi connectivity index (χ0v) is 15.5. The molecular formula is C16H20O11. The molecule has 1 fully saturated rings. The Bertz CT molecular complexity index is 646. The van der Waals surface area contributed by atoms with Gasteiger partial charge >= 0.3 is 29.8 Å². The van der Waals surface area contributed by atoms with Gasteiger partial charge in [-0.05, 0) is 0 Å². The first kappa shape index (κ1) is 22.1. The molecule has 0 aromatic rings. The molecule has 27 heavy (non-hydrogen) atoms. The minimum atomic E-state index is -2.83. The number of carbonyl (C=O) groups is 6. The Balaban J connectivity index is 3.99. The van der Waals surface area contributed by atoms with Crippen molar-refractivity contribution < 1.29 is 52.5 Å². The van der Waals surface area contributed by atoms with Gasteiger partial charge in [-0.3, -0.25) is 28.8 Å². The average Bonchev–Trinajstić information content (AvgIpc) is 2.95. The quantitative estimate of drug-likeness (QED) is 0.307. The smallest absolute Gasteiger partial charge is 0.325 e. The van der Waals surface area contributed by atoms with E-state index in [4.69, 9.17) is 0 Å². The van der Waals surface area contributed by atoms with Gasteiger partial charge < -0.3 is 23.7 Å². The molecule has 0 heterocycles. The molecule has 1 rings (SSSR count).